The molecule has 1 aromatic heterocycles. The molecule has 0 bridgehead atoms. The van der Waals surface area contributed by atoms with E-state index in [1.165, 1.54) is 34.3 Å². The lowest BCUT2D eigenvalue weighted by atomic mass is 10.3. The number of methoxy groups -OCH3 is 1. The van der Waals surface area contributed by atoms with E-state index < -0.39 is 10.0 Å². The first-order valence-corrected chi connectivity index (χ1v) is 10.6. The Kier molecular flexibility index (Phi) is 7.16. The minimum absolute atomic E-state index is 0.0599. The van der Waals surface area contributed by atoms with Crippen molar-refractivity contribution in [1.29, 1.82) is 0 Å². The van der Waals surface area contributed by atoms with Crippen LogP contribution in [0, 0.1) is 0 Å². The van der Waals surface area contributed by atoms with Gasteiger partial charge in [-0.2, -0.15) is 4.31 Å². The number of nitrogens with zero attached hydrogens (tertiary/aromatic N) is 5. The fraction of sp³-hybridized carbons (Fsp3) is 0.467. The molecular formula is C15H22N6O4S2. The summed E-state index contributed by atoms with van der Waals surface area (Å²) >= 11 is 1.16. The topological polar surface area (TPSA) is 119 Å². The molecule has 27 heavy (non-hydrogen) atoms. The first kappa shape index (κ1) is 21.1. The molecule has 0 fully saturated rings. The number of tetrazole rings is 1. The van der Waals surface area contributed by atoms with Gasteiger partial charge in [0, 0.05) is 20.1 Å². The van der Waals surface area contributed by atoms with E-state index in [9.17, 15) is 13.2 Å². The minimum Gasteiger partial charge on any atom is -0.495 e. The molecule has 1 aromatic carbocycles. The predicted octanol–water partition coefficient (Wildman–Crippen LogP) is 0.980. The van der Waals surface area contributed by atoms with Gasteiger partial charge in [-0.15, -0.1) is 5.10 Å². The van der Waals surface area contributed by atoms with E-state index in [0.717, 1.165) is 11.8 Å². The third kappa shape index (κ3) is 4.96. The number of aryl methyl sites for hydroxylation is 1. The number of carbonyl (C=O) groups excluding carboxylic acids is 1. The molecule has 0 saturated heterocycles. The van der Waals surface area contributed by atoms with E-state index in [1.807, 2.05) is 0 Å². The van der Waals surface area contributed by atoms with Crippen LogP contribution < -0.4 is 10.1 Å². The molecule has 2 aromatic rings. The summed E-state index contributed by atoms with van der Waals surface area (Å²) in [5.74, 6) is 0.0931. The van der Waals surface area contributed by atoms with Gasteiger partial charge in [0.05, 0.1) is 23.4 Å². The van der Waals surface area contributed by atoms with Gasteiger partial charge in [0.25, 0.3) is 0 Å². The molecule has 1 N–H and O–H groups in total. The van der Waals surface area contributed by atoms with E-state index >= 15 is 0 Å². The molecule has 10 nitrogen and oxygen atoms in total. The molecule has 0 saturated carbocycles. The first-order chi connectivity index (χ1) is 12.8. The number of hydrogen-bond donors (Lipinski definition) is 1. The molecular weight excluding hydrogens is 392 g/mol. The van der Waals surface area contributed by atoms with Gasteiger partial charge in [0.2, 0.25) is 21.1 Å². The average Bonchev–Trinajstić information content (AvgIpc) is 3.05. The lowest BCUT2D eigenvalue weighted by Crippen LogP contribution is -2.30. The highest BCUT2D eigenvalue weighted by atomic mass is 32.2. The SMILES string of the molecule is CCN(CC)S(=O)(=O)c1ccc(OC)c(NC(=O)CSc2nnnn2C)c1. The number of anilines is 1. The van der Waals surface area contributed by atoms with Crippen molar-refractivity contribution in [2.75, 3.05) is 31.3 Å². The Hall–Kier alpha value is -2.18. The molecule has 0 aliphatic heterocycles. The first-order valence-electron chi connectivity index (χ1n) is 8.16. The van der Waals surface area contributed by atoms with Crippen molar-refractivity contribution in [2.24, 2.45) is 7.05 Å². The van der Waals surface area contributed by atoms with Crippen molar-refractivity contribution in [3.63, 3.8) is 0 Å². The van der Waals surface area contributed by atoms with Crippen LogP contribution in [0.4, 0.5) is 5.69 Å². The predicted molar refractivity (Wildman–Crippen MR) is 101 cm³/mol. The van der Waals surface area contributed by atoms with Crippen LogP contribution in [0.3, 0.4) is 0 Å². The molecule has 148 valence electrons. The summed E-state index contributed by atoms with van der Waals surface area (Å²) in [6.07, 6.45) is 0. The van der Waals surface area contributed by atoms with E-state index in [-0.39, 0.29) is 22.2 Å². The van der Waals surface area contributed by atoms with Crippen LogP contribution in [0.2, 0.25) is 0 Å². The van der Waals surface area contributed by atoms with Crippen molar-refractivity contribution in [3.05, 3.63) is 18.2 Å². The van der Waals surface area contributed by atoms with Gasteiger partial charge >= 0.3 is 0 Å². The minimum atomic E-state index is -3.65. The summed E-state index contributed by atoms with van der Waals surface area (Å²) in [4.78, 5) is 12.4. The maximum atomic E-state index is 12.7. The van der Waals surface area contributed by atoms with Crippen LogP contribution >= 0.6 is 11.8 Å². The number of rotatable bonds is 9. The molecule has 12 heteroatoms. The maximum Gasteiger partial charge on any atom is 0.243 e. The zero-order valence-corrected chi connectivity index (χ0v) is 17.2. The van der Waals surface area contributed by atoms with Crippen LogP contribution in [-0.2, 0) is 21.9 Å². The second kappa shape index (κ2) is 9.15. The second-order valence-electron chi connectivity index (χ2n) is 5.37. The van der Waals surface area contributed by atoms with Crippen molar-refractivity contribution in [3.8, 4) is 5.75 Å². The van der Waals surface area contributed by atoms with Crippen LogP contribution in [0.1, 0.15) is 13.8 Å². The molecule has 0 spiro atoms. The number of thioether (sulfide) groups is 1. The van der Waals surface area contributed by atoms with Gasteiger partial charge in [-0.1, -0.05) is 25.6 Å². The normalized spacial score (nSPS) is 11.6. The van der Waals surface area contributed by atoms with E-state index in [1.54, 1.807) is 20.9 Å². The summed E-state index contributed by atoms with van der Waals surface area (Å²) in [7, 11) is -0.527. The zero-order chi connectivity index (χ0) is 20.0. The zero-order valence-electron chi connectivity index (χ0n) is 15.5. The van der Waals surface area contributed by atoms with Crippen molar-refractivity contribution in [1.82, 2.24) is 24.5 Å². The Morgan fingerprint density at radius 2 is 2.04 bits per heavy atom. The molecule has 0 radical (unpaired) electrons. The highest BCUT2D eigenvalue weighted by Gasteiger charge is 2.23. The summed E-state index contributed by atoms with van der Waals surface area (Å²) in [6, 6.07) is 4.38. The van der Waals surface area contributed by atoms with Gasteiger partial charge in [0.1, 0.15) is 5.75 Å². The lowest BCUT2D eigenvalue weighted by molar-refractivity contribution is -0.113. The lowest BCUT2D eigenvalue weighted by Gasteiger charge is -2.19. The summed E-state index contributed by atoms with van der Waals surface area (Å²) in [5.41, 5.74) is 0.285. The Morgan fingerprint density at radius 1 is 1.33 bits per heavy atom. The van der Waals surface area contributed by atoms with Crippen molar-refractivity contribution < 1.29 is 17.9 Å². The number of aromatic nitrogens is 4. The molecule has 1 heterocycles. The number of carbonyl (C=O) groups is 1. The van der Waals surface area contributed by atoms with E-state index in [2.05, 4.69) is 20.8 Å². The summed E-state index contributed by atoms with van der Waals surface area (Å²) < 4.78 is 33.4. The Balaban J connectivity index is 2.20. The second-order valence-corrected chi connectivity index (χ2v) is 8.25. The highest BCUT2D eigenvalue weighted by Crippen LogP contribution is 2.29. The number of amides is 1. The van der Waals surface area contributed by atoms with Gasteiger partial charge < -0.3 is 10.1 Å². The Bertz CT molecular complexity index is 895. The fourth-order valence-corrected chi connectivity index (χ4v) is 4.45. The van der Waals surface area contributed by atoms with Gasteiger partial charge in [0.15, 0.2) is 0 Å². The quantitative estimate of drug-likeness (QED) is 0.603. The molecule has 2 rings (SSSR count). The average molecular weight is 415 g/mol. The number of sulfonamides is 1. The highest BCUT2D eigenvalue weighted by molar-refractivity contribution is 7.99. The van der Waals surface area contributed by atoms with E-state index in [4.69, 9.17) is 4.74 Å². The molecule has 0 unspecified atom stereocenters. The number of hydrogen-bond acceptors (Lipinski definition) is 8. The van der Waals surface area contributed by atoms with Gasteiger partial charge in [-0.3, -0.25) is 4.79 Å². The number of nitrogens with one attached hydrogen (secondary N) is 1. The number of ether oxygens (including phenoxy) is 1. The third-order valence-corrected chi connectivity index (χ3v) is 6.76. The Labute approximate surface area is 162 Å². The summed E-state index contributed by atoms with van der Waals surface area (Å²) in [5, 5.41) is 14.2. The maximum absolute atomic E-state index is 12.7. The largest absolute Gasteiger partial charge is 0.495 e. The number of benzene rings is 1. The molecule has 0 atom stereocenters. The van der Waals surface area contributed by atoms with Crippen LogP contribution in [0.15, 0.2) is 28.3 Å². The standard InChI is InChI=1S/C15H22N6O4S2/c1-5-21(6-2)27(23,24)11-7-8-13(25-4)12(9-11)16-14(22)10-26-15-17-18-19-20(15)3/h7-9H,5-6,10H2,1-4H3,(H,16,22). The molecule has 0 aliphatic carbocycles. The molecule has 1 amide bonds. The Morgan fingerprint density at radius 3 is 2.59 bits per heavy atom. The third-order valence-electron chi connectivity index (χ3n) is 3.70. The smallest absolute Gasteiger partial charge is 0.243 e. The van der Waals surface area contributed by atoms with Crippen LogP contribution in [0.5, 0.6) is 5.75 Å². The van der Waals surface area contributed by atoms with Crippen LogP contribution in [-0.4, -0.2) is 64.8 Å². The van der Waals surface area contributed by atoms with Crippen molar-refractivity contribution in [2.45, 2.75) is 23.9 Å². The van der Waals surface area contributed by atoms with Gasteiger partial charge in [-0.25, -0.2) is 13.1 Å². The summed E-state index contributed by atoms with van der Waals surface area (Å²) in [6.45, 7) is 4.25. The fourth-order valence-electron chi connectivity index (χ4n) is 2.32. The van der Waals surface area contributed by atoms with E-state index in [0.29, 0.717) is 24.0 Å². The van der Waals surface area contributed by atoms with Crippen molar-refractivity contribution >= 4 is 33.4 Å². The molecule has 0 aliphatic rings. The monoisotopic (exact) mass is 414 g/mol. The van der Waals surface area contributed by atoms with Crippen LogP contribution in [0.25, 0.3) is 0 Å². The van der Waals surface area contributed by atoms with Gasteiger partial charge in [-0.05, 0) is 28.6 Å².